The zero-order chi connectivity index (χ0) is 27.6. The van der Waals surface area contributed by atoms with E-state index in [1.807, 2.05) is 0 Å². The standard InChI is InChI=1S/C28H37ClN4O5/c1-26(2,3)38-25(36)32-16-19-11-12-20(29)15-27(19,23(34)21-7-6-14-30-21)17-33-24(35)28(37,18-9-10-18)22-8-4-5-13-31-22/h4-5,8,11-13,15,18-19,21,30,37H,6-7,9-10,14,16-17H2,1-3H3,(H,32,36)(H,33,35)/t19?,21-,27?,28?/m0/s1. The van der Waals surface area contributed by atoms with E-state index >= 15 is 0 Å². The van der Waals surface area contributed by atoms with Crippen LogP contribution in [-0.2, 0) is 19.9 Å². The van der Waals surface area contributed by atoms with Gasteiger partial charge in [-0.05, 0) is 77.3 Å². The van der Waals surface area contributed by atoms with Crippen molar-refractivity contribution in [3.63, 3.8) is 0 Å². The first kappa shape index (κ1) is 28.3. The number of alkyl carbamates (subject to hydrolysis) is 1. The van der Waals surface area contributed by atoms with Crippen molar-refractivity contribution in [1.82, 2.24) is 20.9 Å². The number of nitrogens with zero attached hydrogens (tertiary/aromatic N) is 1. The maximum absolute atomic E-state index is 14.1. The highest BCUT2D eigenvalue weighted by Crippen LogP contribution is 2.46. The van der Waals surface area contributed by atoms with Crippen LogP contribution < -0.4 is 16.0 Å². The third-order valence-electron chi connectivity index (χ3n) is 7.36. The summed E-state index contributed by atoms with van der Waals surface area (Å²) in [5.74, 6) is -1.50. The highest BCUT2D eigenvalue weighted by molar-refractivity contribution is 6.31. The van der Waals surface area contributed by atoms with E-state index in [-0.39, 0.29) is 30.5 Å². The lowest BCUT2D eigenvalue weighted by molar-refractivity contribution is -0.145. The van der Waals surface area contributed by atoms with Crippen LogP contribution in [0.4, 0.5) is 4.79 Å². The van der Waals surface area contributed by atoms with Crippen molar-refractivity contribution in [1.29, 1.82) is 0 Å². The number of hydrogen-bond donors (Lipinski definition) is 4. The van der Waals surface area contributed by atoms with Crippen LogP contribution in [-0.4, -0.2) is 59.2 Å². The number of carbonyl (C=O) groups is 3. The van der Waals surface area contributed by atoms with Gasteiger partial charge in [0, 0.05) is 36.2 Å². The van der Waals surface area contributed by atoms with Gasteiger partial charge in [-0.15, -0.1) is 0 Å². The van der Waals surface area contributed by atoms with Crippen molar-refractivity contribution in [2.24, 2.45) is 17.3 Å². The molecule has 4 atom stereocenters. The summed E-state index contributed by atoms with van der Waals surface area (Å²) in [5.41, 5.74) is -3.46. The molecule has 10 heteroatoms. The summed E-state index contributed by atoms with van der Waals surface area (Å²) in [6, 6.07) is 4.67. The average Bonchev–Trinajstić information content (AvgIpc) is 3.59. The van der Waals surface area contributed by atoms with E-state index in [9.17, 15) is 19.5 Å². The molecular weight excluding hydrogens is 508 g/mol. The van der Waals surface area contributed by atoms with Gasteiger partial charge in [-0.2, -0.15) is 0 Å². The van der Waals surface area contributed by atoms with Gasteiger partial charge in [-0.3, -0.25) is 14.6 Å². The van der Waals surface area contributed by atoms with E-state index in [4.69, 9.17) is 16.3 Å². The third kappa shape index (κ3) is 6.11. The van der Waals surface area contributed by atoms with Gasteiger partial charge in [-0.25, -0.2) is 4.79 Å². The summed E-state index contributed by atoms with van der Waals surface area (Å²) in [6.45, 7) is 6.02. The van der Waals surface area contributed by atoms with Crippen molar-refractivity contribution in [3.8, 4) is 0 Å². The molecule has 0 aromatic carbocycles. The lowest BCUT2D eigenvalue weighted by Gasteiger charge is -2.40. The quantitative estimate of drug-likeness (QED) is 0.376. The average molecular weight is 545 g/mol. The van der Waals surface area contributed by atoms with Gasteiger partial charge in [0.2, 0.25) is 0 Å². The molecule has 0 spiro atoms. The van der Waals surface area contributed by atoms with Crippen molar-refractivity contribution >= 4 is 29.4 Å². The number of Topliss-reactive ketones (excluding diaryl/α,β-unsaturated/α-hetero) is 1. The Morgan fingerprint density at radius 2 is 1.97 bits per heavy atom. The summed E-state index contributed by atoms with van der Waals surface area (Å²) >= 11 is 6.45. The zero-order valence-electron chi connectivity index (χ0n) is 22.1. The number of ether oxygens (including phenoxy) is 1. The van der Waals surface area contributed by atoms with E-state index in [2.05, 4.69) is 20.9 Å². The van der Waals surface area contributed by atoms with E-state index < -0.39 is 40.6 Å². The first-order valence-electron chi connectivity index (χ1n) is 13.2. The number of halogens is 1. The fourth-order valence-corrected chi connectivity index (χ4v) is 5.52. The fraction of sp³-hybridized carbons (Fsp3) is 0.571. The Kier molecular flexibility index (Phi) is 8.30. The Balaban J connectivity index is 1.61. The monoisotopic (exact) mass is 544 g/mol. The van der Waals surface area contributed by atoms with E-state index in [1.54, 1.807) is 63.4 Å². The van der Waals surface area contributed by atoms with Crippen LogP contribution in [0.2, 0.25) is 0 Å². The number of carbonyl (C=O) groups excluding carboxylic acids is 3. The van der Waals surface area contributed by atoms with Crippen molar-refractivity contribution in [2.75, 3.05) is 19.6 Å². The summed E-state index contributed by atoms with van der Waals surface area (Å²) < 4.78 is 5.38. The number of rotatable bonds is 9. The van der Waals surface area contributed by atoms with Gasteiger partial charge in [0.1, 0.15) is 5.60 Å². The minimum absolute atomic E-state index is 0.0908. The smallest absolute Gasteiger partial charge is 0.407 e. The van der Waals surface area contributed by atoms with Crippen LogP contribution in [0.1, 0.15) is 52.1 Å². The number of aromatic nitrogens is 1. The number of hydrogen-bond acceptors (Lipinski definition) is 7. The molecule has 0 radical (unpaired) electrons. The second-order valence-electron chi connectivity index (χ2n) is 11.4. The molecule has 1 aromatic heterocycles. The molecule has 206 valence electrons. The lowest BCUT2D eigenvalue weighted by Crippen LogP contribution is -2.57. The second-order valence-corrected chi connectivity index (χ2v) is 11.8. The topological polar surface area (TPSA) is 130 Å². The molecule has 3 unspecified atom stereocenters. The molecule has 38 heavy (non-hydrogen) atoms. The van der Waals surface area contributed by atoms with Gasteiger partial charge in [0.25, 0.3) is 5.91 Å². The van der Waals surface area contributed by atoms with Crippen LogP contribution in [0.3, 0.4) is 0 Å². The first-order chi connectivity index (χ1) is 18.0. The number of aliphatic hydroxyl groups is 1. The highest BCUT2D eigenvalue weighted by Gasteiger charge is 2.54. The molecule has 3 aliphatic rings. The number of nitrogens with one attached hydrogen (secondary N) is 3. The normalized spacial score (nSPS) is 26.7. The predicted octanol–water partition coefficient (Wildman–Crippen LogP) is 2.94. The Morgan fingerprint density at radius 1 is 1.21 bits per heavy atom. The molecule has 1 saturated carbocycles. The SMILES string of the molecule is CC(C)(C)OC(=O)NCC1C=CC(Cl)=CC1(CNC(=O)C(O)(c1ccccn1)C1CC1)C(=O)[C@@H]1CCCN1. The van der Waals surface area contributed by atoms with Gasteiger partial charge in [0.05, 0.1) is 17.2 Å². The Bertz CT molecular complexity index is 1110. The van der Waals surface area contributed by atoms with E-state index in [0.29, 0.717) is 30.8 Å². The molecule has 1 aliphatic heterocycles. The van der Waals surface area contributed by atoms with Crippen LogP contribution in [0.15, 0.2) is 47.7 Å². The van der Waals surface area contributed by atoms with Crippen molar-refractivity contribution in [3.05, 3.63) is 53.4 Å². The largest absolute Gasteiger partial charge is 0.444 e. The molecule has 2 heterocycles. The lowest BCUT2D eigenvalue weighted by atomic mass is 9.67. The Labute approximate surface area is 228 Å². The van der Waals surface area contributed by atoms with Crippen LogP contribution in [0.5, 0.6) is 0 Å². The zero-order valence-corrected chi connectivity index (χ0v) is 22.9. The van der Waals surface area contributed by atoms with Crippen LogP contribution in [0, 0.1) is 17.3 Å². The molecule has 4 rings (SSSR count). The van der Waals surface area contributed by atoms with Crippen LogP contribution in [0.25, 0.3) is 0 Å². The van der Waals surface area contributed by atoms with E-state index in [1.165, 1.54) is 0 Å². The van der Waals surface area contributed by atoms with Gasteiger partial charge in [0.15, 0.2) is 11.4 Å². The predicted molar refractivity (Wildman–Crippen MR) is 143 cm³/mol. The number of ketones is 1. The molecule has 1 aromatic rings. The number of pyridine rings is 1. The number of amides is 2. The number of allylic oxidation sites excluding steroid dienone is 2. The molecule has 9 nitrogen and oxygen atoms in total. The maximum atomic E-state index is 14.1. The summed E-state index contributed by atoms with van der Waals surface area (Å²) in [6.07, 6.45) is 8.99. The first-order valence-corrected chi connectivity index (χ1v) is 13.6. The van der Waals surface area contributed by atoms with Crippen molar-refractivity contribution < 1.29 is 24.2 Å². The molecule has 0 bridgehead atoms. The summed E-state index contributed by atoms with van der Waals surface area (Å²) in [5, 5.41) is 20.8. The molecular formula is C28H37ClN4O5. The minimum atomic E-state index is -1.81. The van der Waals surface area contributed by atoms with E-state index in [0.717, 1.165) is 6.42 Å². The summed E-state index contributed by atoms with van der Waals surface area (Å²) in [7, 11) is 0. The van der Waals surface area contributed by atoms with Gasteiger partial charge in [-0.1, -0.05) is 23.7 Å². The molecule has 2 aliphatic carbocycles. The summed E-state index contributed by atoms with van der Waals surface area (Å²) in [4.78, 5) is 44.3. The molecule has 2 fully saturated rings. The highest BCUT2D eigenvalue weighted by atomic mass is 35.5. The second kappa shape index (κ2) is 11.2. The molecule has 4 N–H and O–H groups in total. The Hall–Kier alpha value is -2.75. The molecule has 2 amide bonds. The minimum Gasteiger partial charge on any atom is -0.444 e. The maximum Gasteiger partial charge on any atom is 0.407 e. The fourth-order valence-electron chi connectivity index (χ4n) is 5.26. The van der Waals surface area contributed by atoms with Gasteiger partial charge >= 0.3 is 6.09 Å². The Morgan fingerprint density at radius 3 is 2.58 bits per heavy atom. The molecule has 1 saturated heterocycles. The van der Waals surface area contributed by atoms with Gasteiger partial charge < -0.3 is 25.8 Å². The van der Waals surface area contributed by atoms with Crippen molar-refractivity contribution in [2.45, 2.75) is 63.7 Å². The third-order valence-corrected chi connectivity index (χ3v) is 7.59. The van der Waals surface area contributed by atoms with Crippen LogP contribution >= 0.6 is 11.6 Å².